The zero-order chi connectivity index (χ0) is 16.1. The van der Waals surface area contributed by atoms with E-state index >= 15 is 0 Å². The molecule has 2 rings (SSSR count). The molecule has 2 aromatic carbocycles. The maximum absolute atomic E-state index is 12.7. The molecule has 22 heavy (non-hydrogen) atoms. The first kappa shape index (κ1) is 16.1. The average molecular weight is 296 g/mol. The molecule has 0 saturated carbocycles. The van der Waals surface area contributed by atoms with Gasteiger partial charge in [-0.05, 0) is 57.0 Å². The molecule has 0 radical (unpaired) electrons. The van der Waals surface area contributed by atoms with E-state index in [4.69, 9.17) is 0 Å². The van der Waals surface area contributed by atoms with Crippen molar-refractivity contribution in [3.63, 3.8) is 0 Å². The number of carbonyl (C=O) groups excluding carboxylic acids is 1. The van der Waals surface area contributed by atoms with Crippen LogP contribution in [0.4, 0.5) is 11.4 Å². The zero-order valence-electron chi connectivity index (χ0n) is 13.8. The normalized spacial score (nSPS) is 10.4. The summed E-state index contributed by atoms with van der Waals surface area (Å²) < 4.78 is 0. The summed E-state index contributed by atoms with van der Waals surface area (Å²) in [7, 11) is 0. The van der Waals surface area contributed by atoms with Gasteiger partial charge in [0.1, 0.15) is 0 Å². The molecule has 3 nitrogen and oxygen atoms in total. The molecule has 0 bridgehead atoms. The van der Waals surface area contributed by atoms with Crippen molar-refractivity contribution in [2.45, 2.75) is 27.7 Å². The molecule has 2 aromatic rings. The molecule has 116 valence electrons. The molecule has 3 heteroatoms. The number of hydrogen-bond donors (Lipinski definition) is 1. The minimum absolute atomic E-state index is 0.0680. The maximum atomic E-state index is 12.7. The van der Waals surface area contributed by atoms with Crippen LogP contribution in [0.2, 0.25) is 0 Å². The largest absolute Gasteiger partial charge is 0.355 e. The zero-order valence-corrected chi connectivity index (χ0v) is 13.8. The number of para-hydroxylation sites is 1. The average Bonchev–Trinajstić information content (AvgIpc) is 2.53. The summed E-state index contributed by atoms with van der Waals surface area (Å²) in [5, 5.41) is 3.42. The maximum Gasteiger partial charge on any atom is 0.255 e. The number of hydrogen-bond acceptors (Lipinski definition) is 2. The van der Waals surface area contributed by atoms with Crippen LogP contribution in [0, 0.1) is 13.8 Å². The van der Waals surface area contributed by atoms with Gasteiger partial charge in [-0.2, -0.15) is 0 Å². The topological polar surface area (TPSA) is 32.3 Å². The van der Waals surface area contributed by atoms with Crippen molar-refractivity contribution in [2.75, 3.05) is 18.4 Å². The van der Waals surface area contributed by atoms with E-state index < -0.39 is 0 Å². The number of anilines is 2. The standard InChI is InChI=1S/C19H24N2O/c1-5-21(6-2)19(22)16-11-7-8-12-18(16)20-17-13-9-10-14(3)15(17)4/h7-13,20H,5-6H2,1-4H3. The van der Waals surface area contributed by atoms with Crippen LogP contribution >= 0.6 is 0 Å². The summed E-state index contributed by atoms with van der Waals surface area (Å²) in [5.41, 5.74) is 5.05. The van der Waals surface area contributed by atoms with Crippen molar-refractivity contribution in [2.24, 2.45) is 0 Å². The van der Waals surface area contributed by atoms with E-state index in [0.717, 1.165) is 11.4 Å². The van der Waals surface area contributed by atoms with E-state index in [1.54, 1.807) is 0 Å². The predicted octanol–water partition coefficient (Wildman–Crippen LogP) is 4.53. The SMILES string of the molecule is CCN(CC)C(=O)c1ccccc1Nc1cccc(C)c1C. The molecule has 0 aromatic heterocycles. The Morgan fingerprint density at radius 1 is 0.955 bits per heavy atom. The van der Waals surface area contributed by atoms with E-state index in [-0.39, 0.29) is 5.91 Å². The lowest BCUT2D eigenvalue weighted by molar-refractivity contribution is 0.0774. The first-order valence-electron chi connectivity index (χ1n) is 7.80. The molecule has 0 fully saturated rings. The van der Waals surface area contributed by atoms with Gasteiger partial charge in [0.2, 0.25) is 0 Å². The second-order valence-corrected chi connectivity index (χ2v) is 5.40. The molecule has 0 aliphatic carbocycles. The Hall–Kier alpha value is -2.29. The van der Waals surface area contributed by atoms with E-state index in [2.05, 4.69) is 25.2 Å². The molecular weight excluding hydrogens is 272 g/mol. The minimum atomic E-state index is 0.0680. The number of carbonyl (C=O) groups is 1. The highest BCUT2D eigenvalue weighted by Gasteiger charge is 2.16. The Morgan fingerprint density at radius 3 is 2.27 bits per heavy atom. The van der Waals surface area contributed by atoms with Crippen LogP contribution in [-0.2, 0) is 0 Å². The molecule has 0 spiro atoms. The number of nitrogens with one attached hydrogen (secondary N) is 1. The highest BCUT2D eigenvalue weighted by atomic mass is 16.2. The molecule has 0 aliphatic rings. The quantitative estimate of drug-likeness (QED) is 0.879. The smallest absolute Gasteiger partial charge is 0.255 e. The lowest BCUT2D eigenvalue weighted by Gasteiger charge is -2.21. The Kier molecular flexibility index (Phi) is 5.21. The monoisotopic (exact) mass is 296 g/mol. The van der Waals surface area contributed by atoms with Crippen LogP contribution in [0.15, 0.2) is 42.5 Å². The Balaban J connectivity index is 2.37. The molecule has 0 unspecified atom stereocenters. The summed E-state index contributed by atoms with van der Waals surface area (Å²) in [4.78, 5) is 14.5. The van der Waals surface area contributed by atoms with Crippen LogP contribution in [0.25, 0.3) is 0 Å². The van der Waals surface area contributed by atoms with E-state index in [0.29, 0.717) is 18.7 Å². The lowest BCUT2D eigenvalue weighted by Crippen LogP contribution is -2.30. The number of rotatable bonds is 5. The third-order valence-corrected chi connectivity index (χ3v) is 4.08. The Morgan fingerprint density at radius 2 is 1.59 bits per heavy atom. The van der Waals surface area contributed by atoms with Gasteiger partial charge in [0, 0.05) is 18.8 Å². The van der Waals surface area contributed by atoms with Crippen LogP contribution in [-0.4, -0.2) is 23.9 Å². The number of amides is 1. The van der Waals surface area contributed by atoms with Gasteiger partial charge >= 0.3 is 0 Å². The number of aryl methyl sites for hydroxylation is 1. The van der Waals surface area contributed by atoms with Gasteiger partial charge in [0.15, 0.2) is 0 Å². The fourth-order valence-electron chi connectivity index (χ4n) is 2.49. The fraction of sp³-hybridized carbons (Fsp3) is 0.316. The first-order valence-corrected chi connectivity index (χ1v) is 7.80. The van der Waals surface area contributed by atoms with Gasteiger partial charge in [0.05, 0.1) is 11.3 Å². The third kappa shape index (κ3) is 3.30. The van der Waals surface area contributed by atoms with Crippen LogP contribution in [0.1, 0.15) is 35.3 Å². The van der Waals surface area contributed by atoms with E-state index in [1.807, 2.05) is 55.1 Å². The third-order valence-electron chi connectivity index (χ3n) is 4.08. The first-order chi connectivity index (χ1) is 10.6. The molecule has 0 heterocycles. The molecule has 0 saturated heterocycles. The summed E-state index contributed by atoms with van der Waals surface area (Å²) in [6.45, 7) is 9.62. The van der Waals surface area contributed by atoms with E-state index in [1.165, 1.54) is 11.1 Å². The number of nitrogens with zero attached hydrogens (tertiary/aromatic N) is 1. The summed E-state index contributed by atoms with van der Waals surface area (Å²) in [6, 6.07) is 13.9. The molecule has 0 atom stereocenters. The van der Waals surface area contributed by atoms with E-state index in [9.17, 15) is 4.79 Å². The van der Waals surface area contributed by atoms with Gasteiger partial charge in [-0.1, -0.05) is 24.3 Å². The van der Waals surface area contributed by atoms with Gasteiger partial charge in [-0.25, -0.2) is 0 Å². The predicted molar refractivity (Wildman–Crippen MR) is 92.9 cm³/mol. The Labute approximate surface area is 133 Å². The second-order valence-electron chi connectivity index (χ2n) is 5.40. The van der Waals surface area contributed by atoms with Gasteiger partial charge in [-0.15, -0.1) is 0 Å². The molecule has 0 aliphatic heterocycles. The summed E-state index contributed by atoms with van der Waals surface area (Å²) in [5.74, 6) is 0.0680. The molecule has 1 N–H and O–H groups in total. The summed E-state index contributed by atoms with van der Waals surface area (Å²) >= 11 is 0. The molecule has 1 amide bonds. The second kappa shape index (κ2) is 7.12. The fourth-order valence-corrected chi connectivity index (χ4v) is 2.49. The lowest BCUT2D eigenvalue weighted by atomic mass is 10.1. The van der Waals surface area contributed by atoms with Crippen LogP contribution in [0.3, 0.4) is 0 Å². The summed E-state index contributed by atoms with van der Waals surface area (Å²) in [6.07, 6.45) is 0. The van der Waals surface area contributed by atoms with Gasteiger partial charge < -0.3 is 10.2 Å². The minimum Gasteiger partial charge on any atom is -0.355 e. The number of benzene rings is 2. The molecular formula is C19H24N2O. The van der Waals surface area contributed by atoms with Gasteiger partial charge in [-0.3, -0.25) is 4.79 Å². The van der Waals surface area contributed by atoms with Crippen molar-refractivity contribution in [1.82, 2.24) is 4.90 Å². The van der Waals surface area contributed by atoms with Crippen LogP contribution < -0.4 is 5.32 Å². The van der Waals surface area contributed by atoms with Gasteiger partial charge in [0.25, 0.3) is 5.91 Å². The van der Waals surface area contributed by atoms with Crippen molar-refractivity contribution in [3.05, 3.63) is 59.2 Å². The highest BCUT2D eigenvalue weighted by Crippen LogP contribution is 2.26. The van der Waals surface area contributed by atoms with Crippen molar-refractivity contribution in [3.8, 4) is 0 Å². The van der Waals surface area contributed by atoms with Crippen LogP contribution in [0.5, 0.6) is 0 Å². The van der Waals surface area contributed by atoms with Crippen molar-refractivity contribution in [1.29, 1.82) is 0 Å². The van der Waals surface area contributed by atoms with Crippen molar-refractivity contribution < 1.29 is 4.79 Å². The highest BCUT2D eigenvalue weighted by molar-refractivity contribution is 6.00. The van der Waals surface area contributed by atoms with Crippen molar-refractivity contribution >= 4 is 17.3 Å². The Bertz CT molecular complexity index is 660.